The molecule has 0 saturated carbocycles. The molecule has 15 heavy (non-hydrogen) atoms. The first-order valence-corrected chi connectivity index (χ1v) is 5.32. The molecule has 1 nitrogen and oxygen atoms in total. The van der Waals surface area contributed by atoms with Crippen molar-refractivity contribution in [2.75, 3.05) is 13.1 Å². The predicted molar refractivity (Wildman–Crippen MR) is 62.8 cm³/mol. The van der Waals surface area contributed by atoms with Crippen LogP contribution in [0.2, 0.25) is 0 Å². The van der Waals surface area contributed by atoms with Gasteiger partial charge in [0.25, 0.3) is 0 Å². The van der Waals surface area contributed by atoms with Crippen LogP contribution in [0.5, 0.6) is 0 Å². The molecule has 0 N–H and O–H groups in total. The molecule has 0 radical (unpaired) electrons. The average Bonchev–Trinajstić information content (AvgIpc) is 2.23. The fourth-order valence-electron chi connectivity index (χ4n) is 1.99. The lowest BCUT2D eigenvalue weighted by Gasteiger charge is -2.26. The highest BCUT2D eigenvalue weighted by Crippen LogP contribution is 2.14. The Kier molecular flexibility index (Phi) is 5.06. The van der Waals surface area contributed by atoms with Crippen LogP contribution in [0.4, 0.5) is 4.39 Å². The molecule has 2 rings (SSSR count). The molecule has 1 fully saturated rings. The van der Waals surface area contributed by atoms with Crippen molar-refractivity contribution in [1.29, 1.82) is 0 Å². The summed E-state index contributed by atoms with van der Waals surface area (Å²) in [5.41, 5.74) is 0.828. The fourth-order valence-corrected chi connectivity index (χ4v) is 1.99. The second-order valence-corrected chi connectivity index (χ2v) is 3.93. The van der Waals surface area contributed by atoms with Crippen molar-refractivity contribution >= 4 is 12.4 Å². The highest BCUT2D eigenvalue weighted by atomic mass is 35.5. The Balaban J connectivity index is 0.00000112. The van der Waals surface area contributed by atoms with Crippen molar-refractivity contribution in [2.24, 2.45) is 0 Å². The van der Waals surface area contributed by atoms with Crippen molar-refractivity contribution in [3.8, 4) is 0 Å². The van der Waals surface area contributed by atoms with E-state index < -0.39 is 0 Å². The van der Waals surface area contributed by atoms with Crippen LogP contribution in [0.15, 0.2) is 24.3 Å². The van der Waals surface area contributed by atoms with E-state index in [-0.39, 0.29) is 18.2 Å². The second kappa shape index (κ2) is 6.09. The third-order valence-corrected chi connectivity index (χ3v) is 2.80. The molecule has 0 atom stereocenters. The summed E-state index contributed by atoms with van der Waals surface area (Å²) in [7, 11) is 0. The molecule has 0 aliphatic carbocycles. The van der Waals surface area contributed by atoms with E-state index >= 15 is 0 Å². The number of benzene rings is 1. The Morgan fingerprint density at radius 3 is 2.40 bits per heavy atom. The smallest absolute Gasteiger partial charge is 0.127 e. The number of hydrogen-bond donors (Lipinski definition) is 0. The maximum Gasteiger partial charge on any atom is 0.127 e. The maximum atomic E-state index is 13.3. The molecular formula is C12H17ClFN. The average molecular weight is 230 g/mol. The van der Waals surface area contributed by atoms with Gasteiger partial charge in [-0.25, -0.2) is 4.39 Å². The summed E-state index contributed by atoms with van der Waals surface area (Å²) in [4.78, 5) is 2.34. The zero-order chi connectivity index (χ0) is 9.80. The van der Waals surface area contributed by atoms with E-state index in [2.05, 4.69) is 4.90 Å². The van der Waals surface area contributed by atoms with Gasteiger partial charge in [0.05, 0.1) is 0 Å². The van der Waals surface area contributed by atoms with Gasteiger partial charge in [0.2, 0.25) is 0 Å². The molecule has 0 unspecified atom stereocenters. The van der Waals surface area contributed by atoms with Crippen LogP contribution in [0.3, 0.4) is 0 Å². The molecule has 0 aromatic heterocycles. The van der Waals surface area contributed by atoms with Crippen molar-refractivity contribution in [2.45, 2.75) is 25.8 Å². The third kappa shape index (κ3) is 3.47. The van der Waals surface area contributed by atoms with Gasteiger partial charge in [0.15, 0.2) is 0 Å². The van der Waals surface area contributed by atoms with Crippen LogP contribution in [-0.4, -0.2) is 18.0 Å². The van der Waals surface area contributed by atoms with Gasteiger partial charge in [-0.3, -0.25) is 4.90 Å². The molecule has 1 aliphatic heterocycles. The highest BCUT2D eigenvalue weighted by molar-refractivity contribution is 5.85. The van der Waals surface area contributed by atoms with E-state index in [0.717, 1.165) is 25.2 Å². The molecule has 3 heteroatoms. The van der Waals surface area contributed by atoms with E-state index in [9.17, 15) is 4.39 Å². The minimum atomic E-state index is -0.0712. The minimum Gasteiger partial charge on any atom is -0.299 e. The SMILES string of the molecule is Cl.Fc1ccccc1CN1CCCCC1. The van der Waals surface area contributed by atoms with Gasteiger partial charge < -0.3 is 0 Å². The van der Waals surface area contributed by atoms with Gasteiger partial charge in [-0.1, -0.05) is 24.6 Å². The second-order valence-electron chi connectivity index (χ2n) is 3.93. The first-order valence-electron chi connectivity index (χ1n) is 5.32. The molecule has 1 heterocycles. The fraction of sp³-hybridized carbons (Fsp3) is 0.500. The normalized spacial score (nSPS) is 17.1. The lowest BCUT2D eigenvalue weighted by molar-refractivity contribution is 0.218. The van der Waals surface area contributed by atoms with Crippen LogP contribution in [-0.2, 0) is 6.54 Å². The Morgan fingerprint density at radius 2 is 1.73 bits per heavy atom. The summed E-state index contributed by atoms with van der Waals surface area (Å²) >= 11 is 0. The van der Waals surface area contributed by atoms with Gasteiger partial charge >= 0.3 is 0 Å². The molecule has 84 valence electrons. The van der Waals surface area contributed by atoms with E-state index in [0.29, 0.717) is 0 Å². The van der Waals surface area contributed by atoms with Crippen molar-refractivity contribution in [1.82, 2.24) is 4.90 Å². The Morgan fingerprint density at radius 1 is 1.07 bits per heavy atom. The van der Waals surface area contributed by atoms with E-state index in [4.69, 9.17) is 0 Å². The summed E-state index contributed by atoms with van der Waals surface area (Å²) in [5.74, 6) is -0.0712. The van der Waals surface area contributed by atoms with Crippen molar-refractivity contribution in [3.05, 3.63) is 35.6 Å². The largest absolute Gasteiger partial charge is 0.299 e. The summed E-state index contributed by atoms with van der Waals surface area (Å²) in [6.07, 6.45) is 3.84. The standard InChI is InChI=1S/C12H16FN.ClH/c13-12-7-3-2-6-11(12)10-14-8-4-1-5-9-14;/h2-3,6-7H,1,4-5,8-10H2;1H. The molecule has 0 spiro atoms. The van der Waals surface area contributed by atoms with E-state index in [1.165, 1.54) is 19.3 Å². The molecular weight excluding hydrogens is 213 g/mol. The Bertz CT molecular complexity index is 297. The van der Waals surface area contributed by atoms with Gasteiger partial charge in [-0.15, -0.1) is 12.4 Å². The zero-order valence-corrected chi connectivity index (χ0v) is 9.60. The number of piperidine rings is 1. The monoisotopic (exact) mass is 229 g/mol. The molecule has 1 saturated heterocycles. The summed E-state index contributed by atoms with van der Waals surface area (Å²) in [5, 5.41) is 0. The Labute approximate surface area is 96.7 Å². The van der Waals surface area contributed by atoms with Crippen LogP contribution < -0.4 is 0 Å². The number of likely N-dealkylation sites (tertiary alicyclic amines) is 1. The predicted octanol–water partition coefficient (Wildman–Crippen LogP) is 3.23. The van der Waals surface area contributed by atoms with Crippen LogP contribution >= 0.6 is 12.4 Å². The van der Waals surface area contributed by atoms with Gasteiger partial charge in [0, 0.05) is 12.1 Å². The lowest BCUT2D eigenvalue weighted by Crippen LogP contribution is -2.29. The Hall–Kier alpha value is -0.600. The minimum absolute atomic E-state index is 0. The summed E-state index contributed by atoms with van der Waals surface area (Å²) < 4.78 is 13.3. The molecule has 1 aliphatic rings. The quantitative estimate of drug-likeness (QED) is 0.753. The number of hydrogen-bond acceptors (Lipinski definition) is 1. The highest BCUT2D eigenvalue weighted by Gasteiger charge is 2.11. The lowest BCUT2D eigenvalue weighted by atomic mass is 10.1. The first-order chi connectivity index (χ1) is 6.86. The molecule has 0 amide bonds. The van der Waals surface area contributed by atoms with Crippen molar-refractivity contribution < 1.29 is 4.39 Å². The van der Waals surface area contributed by atoms with E-state index in [1.807, 2.05) is 12.1 Å². The zero-order valence-electron chi connectivity index (χ0n) is 8.79. The van der Waals surface area contributed by atoms with Crippen LogP contribution in [0.25, 0.3) is 0 Å². The third-order valence-electron chi connectivity index (χ3n) is 2.80. The molecule has 0 bridgehead atoms. The van der Waals surface area contributed by atoms with Gasteiger partial charge in [-0.2, -0.15) is 0 Å². The van der Waals surface area contributed by atoms with Crippen LogP contribution in [0.1, 0.15) is 24.8 Å². The summed E-state index contributed by atoms with van der Waals surface area (Å²) in [6.45, 7) is 3.01. The number of nitrogens with zero attached hydrogens (tertiary/aromatic N) is 1. The molecule has 1 aromatic carbocycles. The van der Waals surface area contributed by atoms with Crippen molar-refractivity contribution in [3.63, 3.8) is 0 Å². The maximum absolute atomic E-state index is 13.3. The van der Waals surface area contributed by atoms with Gasteiger partial charge in [-0.05, 0) is 32.0 Å². The van der Waals surface area contributed by atoms with Crippen LogP contribution in [0, 0.1) is 5.82 Å². The number of rotatable bonds is 2. The topological polar surface area (TPSA) is 3.24 Å². The first kappa shape index (κ1) is 12.5. The summed E-state index contributed by atoms with van der Waals surface area (Å²) in [6, 6.07) is 7.07. The van der Waals surface area contributed by atoms with E-state index in [1.54, 1.807) is 12.1 Å². The number of halogens is 2. The molecule has 1 aromatic rings. The van der Waals surface area contributed by atoms with Gasteiger partial charge in [0.1, 0.15) is 5.82 Å².